The highest BCUT2D eigenvalue weighted by Gasteiger charge is 2.14. The van der Waals surface area contributed by atoms with Gasteiger partial charge in [0.15, 0.2) is 5.69 Å². The number of aryl methyl sites for hydroxylation is 1. The lowest BCUT2D eigenvalue weighted by atomic mass is 10.4. The summed E-state index contributed by atoms with van der Waals surface area (Å²) < 4.78 is 5.06. The number of carboxylic acid groups (broad SMARTS) is 1. The van der Waals surface area contributed by atoms with Gasteiger partial charge < -0.3 is 14.8 Å². The molecule has 12 heavy (non-hydrogen) atoms. The average molecular weight is 170 g/mol. The van der Waals surface area contributed by atoms with Gasteiger partial charge in [0.05, 0.1) is 6.54 Å². The predicted molar refractivity (Wildman–Crippen MR) is 41.0 cm³/mol. The first-order valence-electron chi connectivity index (χ1n) is 3.49. The Kier molecular flexibility index (Phi) is 2.44. The molecule has 1 aromatic heterocycles. The number of rotatable bonds is 3. The maximum atomic E-state index is 10.5. The Labute approximate surface area is 69.4 Å². The zero-order valence-electron chi connectivity index (χ0n) is 6.92. The normalized spacial score (nSPS) is 10.2. The van der Waals surface area contributed by atoms with Crippen molar-refractivity contribution < 1.29 is 14.3 Å². The van der Waals surface area contributed by atoms with Gasteiger partial charge in [-0.3, -0.25) is 0 Å². The minimum absolute atomic E-state index is 0.0137. The number of hydrogen-bond donors (Lipinski definition) is 2. The lowest BCUT2D eigenvalue weighted by Gasteiger charge is -1.88. The summed E-state index contributed by atoms with van der Waals surface area (Å²) in [4.78, 5) is 14.3. The maximum Gasteiger partial charge on any atom is 0.358 e. The van der Waals surface area contributed by atoms with E-state index in [0.29, 0.717) is 18.2 Å². The first kappa shape index (κ1) is 8.73. The van der Waals surface area contributed by atoms with Gasteiger partial charge in [-0.25, -0.2) is 9.78 Å². The second-order valence-corrected chi connectivity index (χ2v) is 2.35. The maximum absolute atomic E-state index is 10.5. The summed E-state index contributed by atoms with van der Waals surface area (Å²) in [6.07, 6.45) is 0. The van der Waals surface area contributed by atoms with Crippen LogP contribution in [0.5, 0.6) is 0 Å². The van der Waals surface area contributed by atoms with Crippen LogP contribution in [-0.2, 0) is 6.54 Å². The molecule has 0 atom stereocenters. The van der Waals surface area contributed by atoms with Crippen LogP contribution in [-0.4, -0.2) is 23.1 Å². The number of hydrogen-bond acceptors (Lipinski definition) is 4. The standard InChI is InChI=1S/C7H10N2O3/c1-4-6(7(10)11)9-5(12-4)3-8-2/h8H,3H2,1-2H3,(H,10,11). The van der Waals surface area contributed by atoms with Crippen molar-refractivity contribution in [1.82, 2.24) is 10.3 Å². The van der Waals surface area contributed by atoms with Crippen molar-refractivity contribution >= 4 is 5.97 Å². The van der Waals surface area contributed by atoms with Gasteiger partial charge in [-0.1, -0.05) is 0 Å². The minimum Gasteiger partial charge on any atom is -0.476 e. The van der Waals surface area contributed by atoms with Gasteiger partial charge in [0, 0.05) is 0 Å². The van der Waals surface area contributed by atoms with Gasteiger partial charge in [0.1, 0.15) is 5.76 Å². The Bertz CT molecular complexity index is 293. The number of carbonyl (C=O) groups is 1. The third kappa shape index (κ3) is 1.62. The van der Waals surface area contributed by atoms with Crippen LogP contribution in [0.1, 0.15) is 22.1 Å². The van der Waals surface area contributed by atoms with E-state index in [0.717, 1.165) is 0 Å². The lowest BCUT2D eigenvalue weighted by molar-refractivity contribution is 0.0689. The molecule has 1 aromatic rings. The number of aromatic carboxylic acids is 1. The van der Waals surface area contributed by atoms with E-state index in [9.17, 15) is 4.79 Å². The van der Waals surface area contributed by atoms with Crippen molar-refractivity contribution in [3.63, 3.8) is 0 Å². The molecule has 0 aliphatic rings. The smallest absolute Gasteiger partial charge is 0.358 e. The van der Waals surface area contributed by atoms with Gasteiger partial charge in [0.25, 0.3) is 0 Å². The Hall–Kier alpha value is -1.36. The molecule has 0 saturated heterocycles. The number of nitrogens with one attached hydrogen (secondary N) is 1. The van der Waals surface area contributed by atoms with Crippen LogP contribution in [0, 0.1) is 6.92 Å². The quantitative estimate of drug-likeness (QED) is 0.686. The average Bonchev–Trinajstić information content (AvgIpc) is 2.32. The molecule has 5 heteroatoms. The first-order chi connectivity index (χ1) is 5.65. The second-order valence-electron chi connectivity index (χ2n) is 2.35. The summed E-state index contributed by atoms with van der Waals surface area (Å²) in [5.41, 5.74) is -0.0137. The van der Waals surface area contributed by atoms with Crippen molar-refractivity contribution in [2.75, 3.05) is 7.05 Å². The number of oxazole rings is 1. The van der Waals surface area contributed by atoms with E-state index in [4.69, 9.17) is 9.52 Å². The highest BCUT2D eigenvalue weighted by molar-refractivity contribution is 5.86. The van der Waals surface area contributed by atoms with E-state index >= 15 is 0 Å². The fourth-order valence-corrected chi connectivity index (χ4v) is 0.877. The molecule has 0 saturated carbocycles. The molecule has 5 nitrogen and oxygen atoms in total. The van der Waals surface area contributed by atoms with Gasteiger partial charge >= 0.3 is 5.97 Å². The molecular weight excluding hydrogens is 160 g/mol. The van der Waals surface area contributed by atoms with E-state index in [1.54, 1.807) is 14.0 Å². The second kappa shape index (κ2) is 3.36. The zero-order chi connectivity index (χ0) is 9.14. The molecule has 0 radical (unpaired) electrons. The van der Waals surface area contributed by atoms with Crippen LogP contribution in [0.3, 0.4) is 0 Å². The van der Waals surface area contributed by atoms with Gasteiger partial charge in [-0.15, -0.1) is 0 Å². The van der Waals surface area contributed by atoms with Crippen molar-refractivity contribution in [3.8, 4) is 0 Å². The van der Waals surface area contributed by atoms with Crippen LogP contribution in [0.25, 0.3) is 0 Å². The molecule has 0 unspecified atom stereocenters. The van der Waals surface area contributed by atoms with Crippen LogP contribution >= 0.6 is 0 Å². The van der Waals surface area contributed by atoms with E-state index in [1.165, 1.54) is 0 Å². The van der Waals surface area contributed by atoms with Crippen molar-refractivity contribution in [2.45, 2.75) is 13.5 Å². The highest BCUT2D eigenvalue weighted by atomic mass is 16.4. The highest BCUT2D eigenvalue weighted by Crippen LogP contribution is 2.08. The van der Waals surface area contributed by atoms with E-state index in [1.807, 2.05) is 0 Å². The molecule has 0 aromatic carbocycles. The summed E-state index contributed by atoms with van der Waals surface area (Å²) in [6, 6.07) is 0. The lowest BCUT2D eigenvalue weighted by Crippen LogP contribution is -2.06. The zero-order valence-corrected chi connectivity index (χ0v) is 6.92. The topological polar surface area (TPSA) is 75.4 Å². The number of nitrogens with zero attached hydrogens (tertiary/aromatic N) is 1. The van der Waals surface area contributed by atoms with E-state index < -0.39 is 5.97 Å². The summed E-state index contributed by atoms with van der Waals surface area (Å²) in [6.45, 7) is 2.02. The molecule has 0 fully saturated rings. The predicted octanol–water partition coefficient (Wildman–Crippen LogP) is 0.401. The summed E-state index contributed by atoms with van der Waals surface area (Å²) in [5.74, 6) is -0.321. The SMILES string of the molecule is CNCc1nc(C(=O)O)c(C)o1. The number of aromatic nitrogens is 1. The Balaban J connectivity index is 2.92. The molecular formula is C7H10N2O3. The molecule has 2 N–H and O–H groups in total. The molecule has 0 amide bonds. The monoisotopic (exact) mass is 170 g/mol. The van der Waals surface area contributed by atoms with E-state index in [2.05, 4.69) is 10.3 Å². The fourth-order valence-electron chi connectivity index (χ4n) is 0.877. The number of carboxylic acids is 1. The largest absolute Gasteiger partial charge is 0.476 e. The Morgan fingerprint density at radius 2 is 2.42 bits per heavy atom. The molecule has 0 bridgehead atoms. The summed E-state index contributed by atoms with van der Waals surface area (Å²) in [7, 11) is 1.74. The molecule has 0 aliphatic carbocycles. The van der Waals surface area contributed by atoms with Crippen molar-refractivity contribution in [3.05, 3.63) is 17.3 Å². The fraction of sp³-hybridized carbons (Fsp3) is 0.429. The van der Waals surface area contributed by atoms with E-state index in [-0.39, 0.29) is 5.69 Å². The summed E-state index contributed by atoms with van der Waals surface area (Å²) in [5, 5.41) is 11.4. The van der Waals surface area contributed by atoms with Crippen molar-refractivity contribution in [1.29, 1.82) is 0 Å². The molecule has 1 rings (SSSR count). The minimum atomic E-state index is -1.06. The van der Waals surface area contributed by atoms with Gasteiger partial charge in [-0.2, -0.15) is 0 Å². The van der Waals surface area contributed by atoms with Gasteiger partial charge in [-0.05, 0) is 14.0 Å². The first-order valence-corrected chi connectivity index (χ1v) is 3.49. The molecule has 0 aliphatic heterocycles. The van der Waals surface area contributed by atoms with Gasteiger partial charge in [0.2, 0.25) is 5.89 Å². The molecule has 0 spiro atoms. The third-order valence-corrected chi connectivity index (χ3v) is 1.37. The summed E-state index contributed by atoms with van der Waals surface area (Å²) >= 11 is 0. The van der Waals surface area contributed by atoms with Crippen LogP contribution < -0.4 is 5.32 Å². The molecule has 66 valence electrons. The third-order valence-electron chi connectivity index (χ3n) is 1.37. The molecule has 1 heterocycles. The van der Waals surface area contributed by atoms with Crippen LogP contribution in [0.2, 0.25) is 0 Å². The van der Waals surface area contributed by atoms with Crippen LogP contribution in [0.4, 0.5) is 0 Å². The Morgan fingerprint density at radius 3 is 2.83 bits per heavy atom. The van der Waals surface area contributed by atoms with Crippen LogP contribution in [0.15, 0.2) is 4.42 Å². The Morgan fingerprint density at radius 1 is 1.75 bits per heavy atom. The van der Waals surface area contributed by atoms with Crippen molar-refractivity contribution in [2.24, 2.45) is 0 Å².